The van der Waals surface area contributed by atoms with E-state index in [-0.39, 0.29) is 0 Å². The van der Waals surface area contributed by atoms with Crippen LogP contribution in [0.1, 0.15) is 57.8 Å². The monoisotopic (exact) mass is 288 g/mol. The molecule has 4 unspecified atom stereocenters. The average Bonchev–Trinajstić information content (AvgIpc) is 2.97. The van der Waals surface area contributed by atoms with Crippen LogP contribution < -0.4 is 0 Å². The lowest BCUT2D eigenvalue weighted by Crippen LogP contribution is -2.35. The lowest BCUT2D eigenvalue weighted by molar-refractivity contribution is 0.218. The molecule has 4 aliphatic carbocycles. The Kier molecular flexibility index (Phi) is 3.27. The molecule has 4 atom stereocenters. The third-order valence-corrected chi connectivity index (χ3v) is 6.53. The van der Waals surface area contributed by atoms with Crippen LogP contribution in [0.2, 0.25) is 0 Å². The highest BCUT2D eigenvalue weighted by atomic mass is 16.4. The smallest absolute Gasteiger partial charge is 0.0604 e. The van der Waals surface area contributed by atoms with Gasteiger partial charge in [0.1, 0.15) is 0 Å². The van der Waals surface area contributed by atoms with Crippen LogP contribution in [0.4, 0.5) is 0 Å². The lowest BCUT2D eigenvalue weighted by atomic mass is 9.61. The highest BCUT2D eigenvalue weighted by Crippen LogP contribution is 2.54. The molecule has 0 radical (unpaired) electrons. The van der Waals surface area contributed by atoms with E-state index in [4.69, 9.17) is 5.21 Å². The van der Waals surface area contributed by atoms with Crippen LogP contribution in [0.3, 0.4) is 0 Å². The molecule has 0 bridgehead atoms. The van der Waals surface area contributed by atoms with Gasteiger partial charge in [-0.3, -0.25) is 0 Å². The van der Waals surface area contributed by atoms with E-state index in [2.05, 4.69) is 10.3 Å². The number of oxime groups is 2. The molecule has 0 aromatic carbocycles. The molecule has 3 fully saturated rings. The molecule has 0 spiro atoms. The predicted octanol–water partition coefficient (Wildman–Crippen LogP) is 3.97. The maximum Gasteiger partial charge on any atom is 0.0604 e. The van der Waals surface area contributed by atoms with E-state index in [1.54, 1.807) is 11.1 Å². The van der Waals surface area contributed by atoms with Gasteiger partial charge in [-0.25, -0.2) is 0 Å². The molecule has 3 saturated carbocycles. The highest BCUT2D eigenvalue weighted by molar-refractivity contribution is 5.89. The quantitative estimate of drug-likeness (QED) is 0.402. The second-order valence-electron chi connectivity index (χ2n) is 7.24. The van der Waals surface area contributed by atoms with Crippen molar-refractivity contribution in [3.05, 3.63) is 11.1 Å². The summed E-state index contributed by atoms with van der Waals surface area (Å²) in [5.41, 5.74) is 5.49. The van der Waals surface area contributed by atoms with E-state index < -0.39 is 0 Å². The van der Waals surface area contributed by atoms with Crippen LogP contribution in [0.15, 0.2) is 21.5 Å². The number of rotatable bonds is 0. The van der Waals surface area contributed by atoms with Crippen molar-refractivity contribution in [1.82, 2.24) is 0 Å². The second kappa shape index (κ2) is 5.15. The molecule has 0 aliphatic heterocycles. The minimum absolute atomic E-state index is 0.541. The third-order valence-electron chi connectivity index (χ3n) is 6.53. The van der Waals surface area contributed by atoms with Gasteiger partial charge in [0.05, 0.1) is 11.4 Å². The van der Waals surface area contributed by atoms with E-state index in [1.165, 1.54) is 32.1 Å². The molecule has 4 heteroatoms. The van der Waals surface area contributed by atoms with Crippen LogP contribution in [0, 0.1) is 23.7 Å². The maximum atomic E-state index is 9.18. The molecule has 4 rings (SSSR count). The molecule has 4 aliphatic rings. The van der Waals surface area contributed by atoms with Crippen LogP contribution >= 0.6 is 0 Å². The number of nitrogens with zero attached hydrogens (tertiary/aromatic N) is 2. The van der Waals surface area contributed by atoms with Crippen molar-refractivity contribution in [2.75, 3.05) is 0 Å². The molecule has 0 heterocycles. The normalized spacial score (nSPS) is 42.9. The molecule has 0 amide bonds. The van der Waals surface area contributed by atoms with Gasteiger partial charge in [0, 0.05) is 5.92 Å². The summed E-state index contributed by atoms with van der Waals surface area (Å²) >= 11 is 0. The van der Waals surface area contributed by atoms with Gasteiger partial charge < -0.3 is 10.4 Å². The molecule has 2 N–H and O–H groups in total. The summed E-state index contributed by atoms with van der Waals surface area (Å²) in [6.45, 7) is 0. The number of fused-ring (bicyclic) bond motifs is 4. The van der Waals surface area contributed by atoms with Gasteiger partial charge in [0.25, 0.3) is 0 Å². The first kappa shape index (κ1) is 13.4. The summed E-state index contributed by atoms with van der Waals surface area (Å²) < 4.78 is 0. The zero-order valence-corrected chi connectivity index (χ0v) is 12.5. The van der Waals surface area contributed by atoms with Crippen LogP contribution in [0.5, 0.6) is 0 Å². The first-order valence-corrected chi connectivity index (χ1v) is 8.44. The Labute approximate surface area is 125 Å². The fraction of sp³-hybridized carbons (Fsp3) is 0.765. The second-order valence-corrected chi connectivity index (χ2v) is 7.24. The van der Waals surface area contributed by atoms with E-state index in [0.717, 1.165) is 48.9 Å². The zero-order valence-electron chi connectivity index (χ0n) is 12.5. The first-order valence-electron chi connectivity index (χ1n) is 8.44. The van der Waals surface area contributed by atoms with Gasteiger partial charge >= 0.3 is 0 Å². The van der Waals surface area contributed by atoms with E-state index in [1.807, 2.05) is 0 Å². The summed E-state index contributed by atoms with van der Waals surface area (Å²) in [6, 6.07) is 0. The molecule has 21 heavy (non-hydrogen) atoms. The number of hydrogen-bond donors (Lipinski definition) is 2. The standard InChI is InChI=1S/C17H24N2O2/c20-18-11-2-4-12-10(9-11)1-3-14-13(12)5-6-16-15(14)7-8-17(16)19-21/h10,14-16,20-21H,1-9H2. The summed E-state index contributed by atoms with van der Waals surface area (Å²) in [4.78, 5) is 0. The fourth-order valence-electron chi connectivity index (χ4n) is 5.64. The SMILES string of the molecule is ON=C1CCC2=C3CCC4C(=NO)CCC4C3CCC2C1. The van der Waals surface area contributed by atoms with Crippen molar-refractivity contribution in [3.63, 3.8) is 0 Å². The van der Waals surface area contributed by atoms with Crippen molar-refractivity contribution in [2.45, 2.75) is 57.8 Å². The van der Waals surface area contributed by atoms with Gasteiger partial charge in [-0.15, -0.1) is 0 Å². The van der Waals surface area contributed by atoms with Gasteiger partial charge in [0.15, 0.2) is 0 Å². The number of hydrogen-bond acceptors (Lipinski definition) is 4. The van der Waals surface area contributed by atoms with Crippen molar-refractivity contribution in [1.29, 1.82) is 0 Å². The minimum Gasteiger partial charge on any atom is -0.411 e. The molecule has 0 aromatic heterocycles. The Morgan fingerprint density at radius 2 is 1.67 bits per heavy atom. The Balaban J connectivity index is 1.63. The van der Waals surface area contributed by atoms with Crippen molar-refractivity contribution >= 4 is 11.4 Å². The molecular formula is C17H24N2O2. The molecule has 0 saturated heterocycles. The summed E-state index contributed by atoms with van der Waals surface area (Å²) in [7, 11) is 0. The highest BCUT2D eigenvalue weighted by Gasteiger charge is 2.46. The lowest BCUT2D eigenvalue weighted by Gasteiger charge is -2.44. The fourth-order valence-corrected chi connectivity index (χ4v) is 5.64. The summed E-state index contributed by atoms with van der Waals surface area (Å²) in [5, 5.41) is 25.2. The molecule has 0 aromatic rings. The topological polar surface area (TPSA) is 65.2 Å². The van der Waals surface area contributed by atoms with Gasteiger partial charge in [-0.2, -0.15) is 0 Å². The van der Waals surface area contributed by atoms with Gasteiger partial charge in [-0.05, 0) is 75.5 Å². The van der Waals surface area contributed by atoms with Crippen LogP contribution in [-0.4, -0.2) is 21.8 Å². The van der Waals surface area contributed by atoms with Crippen molar-refractivity contribution in [3.8, 4) is 0 Å². The first-order chi connectivity index (χ1) is 10.3. The van der Waals surface area contributed by atoms with Gasteiger partial charge in [-0.1, -0.05) is 21.5 Å². The van der Waals surface area contributed by atoms with Crippen molar-refractivity contribution < 1.29 is 10.4 Å². The van der Waals surface area contributed by atoms with Crippen LogP contribution in [0.25, 0.3) is 0 Å². The number of allylic oxidation sites excluding steroid dienone is 2. The van der Waals surface area contributed by atoms with E-state index in [9.17, 15) is 5.21 Å². The van der Waals surface area contributed by atoms with Crippen molar-refractivity contribution in [2.24, 2.45) is 34.0 Å². The van der Waals surface area contributed by atoms with E-state index >= 15 is 0 Å². The average molecular weight is 288 g/mol. The minimum atomic E-state index is 0.541. The van der Waals surface area contributed by atoms with E-state index in [0.29, 0.717) is 11.8 Å². The Morgan fingerprint density at radius 1 is 0.762 bits per heavy atom. The molecule has 4 nitrogen and oxygen atoms in total. The Hall–Kier alpha value is -1.32. The predicted molar refractivity (Wildman–Crippen MR) is 81.0 cm³/mol. The Morgan fingerprint density at radius 3 is 2.48 bits per heavy atom. The maximum absolute atomic E-state index is 9.18. The summed E-state index contributed by atoms with van der Waals surface area (Å²) in [6.07, 6.45) is 10.1. The molecule has 114 valence electrons. The third kappa shape index (κ3) is 2.02. The zero-order chi connectivity index (χ0) is 14.4. The van der Waals surface area contributed by atoms with Gasteiger partial charge in [0.2, 0.25) is 0 Å². The largest absolute Gasteiger partial charge is 0.411 e. The van der Waals surface area contributed by atoms with Crippen LogP contribution in [-0.2, 0) is 0 Å². The summed E-state index contributed by atoms with van der Waals surface area (Å²) in [5.74, 6) is 2.64. The molecular weight excluding hydrogens is 264 g/mol. The Bertz CT molecular complexity index is 535.